The third-order valence-corrected chi connectivity index (χ3v) is 3.40. The van der Waals surface area contributed by atoms with Gasteiger partial charge >= 0.3 is 5.97 Å². The number of fused-ring (bicyclic) bond motifs is 1. The van der Waals surface area contributed by atoms with Gasteiger partial charge in [-0.25, -0.2) is 18.3 Å². The summed E-state index contributed by atoms with van der Waals surface area (Å²) in [4.78, 5) is 38.8. The number of hydrogen-bond donors (Lipinski definition) is 3. The molecule has 3 rings (SSSR count). The summed E-state index contributed by atoms with van der Waals surface area (Å²) >= 11 is 0. The van der Waals surface area contributed by atoms with Gasteiger partial charge in [0.15, 0.2) is 11.1 Å². The average molecular weight is 385 g/mol. The van der Waals surface area contributed by atoms with Gasteiger partial charge in [-0.05, 0) is 12.1 Å². The van der Waals surface area contributed by atoms with Gasteiger partial charge in [0.25, 0.3) is 5.91 Å². The lowest BCUT2D eigenvalue weighted by atomic mass is 10.1. The van der Waals surface area contributed by atoms with Crippen LogP contribution in [0.2, 0.25) is 0 Å². The van der Waals surface area contributed by atoms with E-state index in [0.29, 0.717) is 6.07 Å². The standard InChI is InChI=1S/C15H10F2N4O4.ClH/c16-7-1-2-8(9(17)3-7)10-4-11(22)13(14-19-6-20-21(10)14)15(25)18-5-12(23)24;/h1-4,6H,5H2,(H,18,25)(H,19,20)(H,23,24);1H. The van der Waals surface area contributed by atoms with Crippen molar-refractivity contribution < 1.29 is 23.5 Å². The lowest BCUT2D eigenvalue weighted by Crippen LogP contribution is -2.33. The highest BCUT2D eigenvalue weighted by Gasteiger charge is 2.21. The molecular weight excluding hydrogens is 374 g/mol. The Morgan fingerprint density at radius 3 is 2.65 bits per heavy atom. The smallest absolute Gasteiger partial charge is 0.322 e. The molecule has 0 bridgehead atoms. The monoisotopic (exact) mass is 384 g/mol. The number of aromatic amines is 1. The summed E-state index contributed by atoms with van der Waals surface area (Å²) in [5.41, 5.74) is -1.34. The second-order valence-electron chi connectivity index (χ2n) is 5.02. The van der Waals surface area contributed by atoms with E-state index < -0.39 is 41.0 Å². The largest absolute Gasteiger partial charge is 0.480 e. The van der Waals surface area contributed by atoms with E-state index >= 15 is 0 Å². The number of aromatic nitrogens is 3. The van der Waals surface area contributed by atoms with Gasteiger partial charge in [-0.15, -0.1) is 12.4 Å². The number of H-pyrrole nitrogens is 1. The quantitative estimate of drug-likeness (QED) is 0.625. The van der Waals surface area contributed by atoms with Crippen LogP contribution in [0.3, 0.4) is 0 Å². The Bertz CT molecular complexity index is 1060. The van der Waals surface area contributed by atoms with Crippen LogP contribution < -0.4 is 10.7 Å². The van der Waals surface area contributed by atoms with Gasteiger partial charge in [0.05, 0.1) is 5.69 Å². The number of benzene rings is 1. The highest BCUT2D eigenvalue weighted by molar-refractivity contribution is 6.01. The van der Waals surface area contributed by atoms with Gasteiger partial charge in [0, 0.05) is 17.7 Å². The maximum absolute atomic E-state index is 14.0. The number of nitrogens with zero attached hydrogens (tertiary/aromatic N) is 2. The van der Waals surface area contributed by atoms with Crippen LogP contribution in [0.4, 0.5) is 8.78 Å². The molecule has 0 saturated heterocycles. The van der Waals surface area contributed by atoms with Crippen molar-refractivity contribution in [1.82, 2.24) is 19.9 Å². The molecule has 2 heterocycles. The van der Waals surface area contributed by atoms with Crippen LogP contribution in [0.25, 0.3) is 16.9 Å². The number of rotatable bonds is 4. The van der Waals surface area contributed by atoms with Gasteiger partial charge in [0.1, 0.15) is 30.1 Å². The first-order chi connectivity index (χ1) is 11.9. The number of carbonyl (C=O) groups excluding carboxylic acids is 1. The van der Waals surface area contributed by atoms with Gasteiger partial charge in [-0.1, -0.05) is 0 Å². The third kappa shape index (κ3) is 3.40. The Morgan fingerprint density at radius 2 is 2.00 bits per heavy atom. The normalized spacial score (nSPS) is 10.4. The minimum Gasteiger partial charge on any atom is -0.480 e. The first-order valence-corrected chi connectivity index (χ1v) is 6.93. The van der Waals surface area contributed by atoms with Crippen molar-refractivity contribution in [2.24, 2.45) is 0 Å². The summed E-state index contributed by atoms with van der Waals surface area (Å²) < 4.78 is 28.3. The molecule has 0 saturated carbocycles. The molecule has 0 atom stereocenters. The molecule has 136 valence electrons. The Balaban J connectivity index is 0.00000243. The Hall–Kier alpha value is -3.27. The minimum atomic E-state index is -1.28. The van der Waals surface area contributed by atoms with Gasteiger partial charge < -0.3 is 10.4 Å². The molecule has 11 heteroatoms. The number of hydrogen-bond acceptors (Lipinski definition) is 4. The summed E-state index contributed by atoms with van der Waals surface area (Å²) in [5, 5.41) is 13.3. The number of carboxylic acids is 1. The molecule has 0 fully saturated rings. The van der Waals surface area contributed by atoms with Crippen molar-refractivity contribution in [3.05, 3.63) is 58.0 Å². The van der Waals surface area contributed by atoms with E-state index in [-0.39, 0.29) is 29.3 Å². The fourth-order valence-corrected chi connectivity index (χ4v) is 2.35. The first kappa shape index (κ1) is 19.1. The highest BCUT2D eigenvalue weighted by atomic mass is 35.5. The van der Waals surface area contributed by atoms with E-state index in [1.165, 1.54) is 10.8 Å². The molecule has 3 aromatic rings. The van der Waals surface area contributed by atoms with Crippen LogP contribution in [-0.2, 0) is 4.79 Å². The Morgan fingerprint density at radius 1 is 1.27 bits per heavy atom. The molecule has 0 unspecified atom stereocenters. The van der Waals surface area contributed by atoms with Crippen LogP contribution >= 0.6 is 12.4 Å². The molecule has 0 radical (unpaired) electrons. The van der Waals surface area contributed by atoms with Crippen LogP contribution in [-0.4, -0.2) is 38.1 Å². The minimum absolute atomic E-state index is 0. The second-order valence-corrected chi connectivity index (χ2v) is 5.02. The Kier molecular flexibility index (Phi) is 5.36. The van der Waals surface area contributed by atoms with E-state index in [2.05, 4.69) is 15.4 Å². The lowest BCUT2D eigenvalue weighted by Gasteiger charge is -2.09. The molecule has 3 N–H and O–H groups in total. The molecule has 2 aromatic heterocycles. The summed E-state index contributed by atoms with van der Waals surface area (Å²) in [6.07, 6.45) is 1.17. The maximum Gasteiger partial charge on any atom is 0.322 e. The molecule has 0 spiro atoms. The zero-order chi connectivity index (χ0) is 18.1. The fraction of sp³-hybridized carbons (Fsp3) is 0.0667. The number of pyridine rings is 1. The molecule has 26 heavy (non-hydrogen) atoms. The number of amides is 1. The second kappa shape index (κ2) is 7.31. The molecule has 0 aliphatic carbocycles. The lowest BCUT2D eigenvalue weighted by molar-refractivity contribution is -0.135. The first-order valence-electron chi connectivity index (χ1n) is 6.93. The molecule has 1 amide bonds. The van der Waals surface area contributed by atoms with E-state index in [9.17, 15) is 23.2 Å². The van der Waals surface area contributed by atoms with E-state index in [1.54, 1.807) is 0 Å². The van der Waals surface area contributed by atoms with Crippen LogP contribution in [0, 0.1) is 11.6 Å². The maximum atomic E-state index is 14.0. The predicted molar refractivity (Wildman–Crippen MR) is 88.4 cm³/mol. The summed E-state index contributed by atoms with van der Waals surface area (Å²) in [6.45, 7) is -0.677. The van der Waals surface area contributed by atoms with Crippen LogP contribution in [0.1, 0.15) is 10.4 Å². The molecule has 0 aliphatic heterocycles. The van der Waals surface area contributed by atoms with Crippen LogP contribution in [0.15, 0.2) is 35.4 Å². The molecule has 1 aromatic carbocycles. The van der Waals surface area contributed by atoms with Gasteiger partial charge in [-0.3, -0.25) is 19.5 Å². The van der Waals surface area contributed by atoms with Crippen molar-refractivity contribution in [1.29, 1.82) is 0 Å². The number of nitrogens with one attached hydrogen (secondary N) is 2. The van der Waals surface area contributed by atoms with Gasteiger partial charge in [0.2, 0.25) is 0 Å². The van der Waals surface area contributed by atoms with Gasteiger partial charge in [-0.2, -0.15) is 0 Å². The zero-order valence-electron chi connectivity index (χ0n) is 12.8. The third-order valence-electron chi connectivity index (χ3n) is 3.40. The topological polar surface area (TPSA) is 117 Å². The van der Waals surface area contributed by atoms with Crippen molar-refractivity contribution in [3.63, 3.8) is 0 Å². The predicted octanol–water partition coefficient (Wildman–Crippen LogP) is 1.20. The van der Waals surface area contributed by atoms with Crippen molar-refractivity contribution in [2.75, 3.05) is 6.54 Å². The van der Waals surface area contributed by atoms with Crippen molar-refractivity contribution >= 4 is 29.9 Å². The van der Waals surface area contributed by atoms with Crippen LogP contribution in [0.5, 0.6) is 0 Å². The summed E-state index contributed by atoms with van der Waals surface area (Å²) in [5.74, 6) is -3.88. The fourth-order valence-electron chi connectivity index (χ4n) is 2.35. The zero-order valence-corrected chi connectivity index (χ0v) is 13.6. The highest BCUT2D eigenvalue weighted by Crippen LogP contribution is 2.23. The molecular formula is C15H11ClF2N4O4. The number of halogens is 3. The number of aliphatic carboxylic acids is 1. The van der Waals surface area contributed by atoms with E-state index in [4.69, 9.17) is 5.11 Å². The summed E-state index contributed by atoms with van der Waals surface area (Å²) in [7, 11) is 0. The molecule has 8 nitrogen and oxygen atoms in total. The van der Waals surface area contributed by atoms with Crippen molar-refractivity contribution in [2.45, 2.75) is 0 Å². The van der Waals surface area contributed by atoms with E-state index in [1.807, 2.05) is 0 Å². The Labute approximate surface area is 149 Å². The number of carboxylic acid groups (broad SMARTS) is 1. The van der Waals surface area contributed by atoms with E-state index in [0.717, 1.165) is 18.2 Å². The summed E-state index contributed by atoms with van der Waals surface area (Å²) in [6, 6.07) is 3.82. The molecule has 0 aliphatic rings. The average Bonchev–Trinajstić information content (AvgIpc) is 3.01. The number of carbonyl (C=O) groups is 2. The van der Waals surface area contributed by atoms with Crippen molar-refractivity contribution in [3.8, 4) is 11.3 Å². The SMILES string of the molecule is Cl.O=C(O)CNC(=O)c1c(=O)cc(-c2ccc(F)cc2F)n2[nH]cnc12.